The number of anilines is 4. The second-order valence-corrected chi connectivity index (χ2v) is 1310. The van der Waals surface area contributed by atoms with Crippen LogP contribution in [-0.4, -0.2) is 74.5 Å². The van der Waals surface area contributed by atoms with E-state index >= 15 is 0 Å². The molecule has 8 rings (SSSR count). The molecule has 14 nitrogen and oxygen atoms in total. The number of nitrogens with two attached hydrogens (primary N) is 2. The normalized spacial score (nSPS) is 16.6. The molecule has 814 valence electrons. The van der Waals surface area contributed by atoms with Crippen molar-refractivity contribution in [1.82, 2.24) is 30.2 Å². The van der Waals surface area contributed by atoms with Crippen molar-refractivity contribution in [3.63, 3.8) is 0 Å². The van der Waals surface area contributed by atoms with Gasteiger partial charge in [-0.1, -0.05) is 80.2 Å². The van der Waals surface area contributed by atoms with Gasteiger partial charge in [-0.05, 0) is 169 Å². The molecule has 4 aromatic carbocycles. The van der Waals surface area contributed by atoms with E-state index in [2.05, 4.69) is 557 Å². The number of halogens is 61. The van der Waals surface area contributed by atoms with E-state index in [0.717, 1.165) is 67.9 Å². The van der Waals surface area contributed by atoms with Gasteiger partial charge < -0.3 is 37.1 Å². The van der Waals surface area contributed by atoms with E-state index in [9.17, 15) is 40.7 Å². The molecule has 75 heteroatoms. The van der Waals surface area contributed by atoms with Crippen molar-refractivity contribution in [3.8, 4) is 0 Å². The summed E-state index contributed by atoms with van der Waals surface area (Å²) in [5, 5.41) is 9.41. The predicted octanol–water partition coefficient (Wildman–Crippen LogP) is 57.3. The van der Waals surface area contributed by atoms with E-state index in [1.807, 2.05) is 69.3 Å². The number of nitrogens with zero attached hydrogens (tertiary/aromatic N) is 5. The quantitative estimate of drug-likeness (QED) is 0.0180. The van der Waals surface area contributed by atoms with Crippen LogP contribution in [0, 0.1) is 0 Å². The summed E-state index contributed by atoms with van der Waals surface area (Å²) in [7, 11) is -14.0. The Morgan fingerprint density at radius 3 is 0.970 bits per heavy atom. The van der Waals surface area contributed by atoms with Crippen LogP contribution < -0.4 is 40.7 Å². The van der Waals surface area contributed by atoms with Crippen molar-refractivity contribution in [1.29, 1.82) is 0 Å². The summed E-state index contributed by atoms with van der Waals surface area (Å²) in [5.74, 6) is -1.16. The van der Waals surface area contributed by atoms with Crippen molar-refractivity contribution in [2.45, 2.75) is 135 Å². The van der Waals surface area contributed by atoms with Crippen LogP contribution in [0.2, 0.25) is 0 Å². The molecule has 0 bridgehead atoms. The zero-order chi connectivity index (χ0) is 101. The van der Waals surface area contributed by atoms with Gasteiger partial charge in [-0.3, -0.25) is 9.59 Å². The molecule has 2 atom stereocenters. The molecule has 2 unspecified atom stereocenters. The minimum atomic E-state index is -4.62. The second-order valence-electron chi connectivity index (χ2n) is 25.3. The number of hydrogen-bond donors (Lipinski definition) is 5. The minimum absolute atomic E-state index is 0. The van der Waals surface area contributed by atoms with Crippen LogP contribution in [0.1, 0.15) is 147 Å². The Balaban J connectivity index is 0.000000363. The van der Waals surface area contributed by atoms with Gasteiger partial charge in [0.2, 0.25) is 23.7 Å². The Morgan fingerprint density at radius 1 is 0.430 bits per heavy atom. The first-order chi connectivity index (χ1) is 62.5. The number of primary amides is 2. The average molecular weight is 8090 g/mol. The van der Waals surface area contributed by atoms with Gasteiger partial charge in [-0.15, -0.1) is 0 Å². The molecule has 2 saturated heterocycles. The van der Waals surface area contributed by atoms with Crippen LogP contribution in [0.15, 0.2) is 109 Å². The fourth-order valence-corrected chi connectivity index (χ4v) is 10300. The summed E-state index contributed by atoms with van der Waals surface area (Å²) in [6.45, 7) is 12.1. The van der Waals surface area contributed by atoms with Crippen molar-refractivity contribution in [2.75, 3.05) is 36.8 Å². The third-order valence-electron chi connectivity index (χ3n) is 16.3. The molecule has 3 amide bonds. The number of benzene rings is 4. The summed E-state index contributed by atoms with van der Waals surface area (Å²) >= 11 is 92.8. The van der Waals surface area contributed by atoms with E-state index in [4.69, 9.17) is 16.2 Å². The number of aryl methyl sites for hydroxylation is 4. The number of hydrogen-bond acceptors (Lipinski definition) is 11. The Morgan fingerprint density at radius 2 is 0.704 bits per heavy atom. The first-order valence-electron chi connectivity index (χ1n) is 34.2. The van der Waals surface area contributed by atoms with Crippen LogP contribution in [0.3, 0.4) is 0 Å². The number of rotatable bonds is 42. The number of likely N-dealkylation sites (tertiary alicyclic amines) is 1. The number of ether oxygens (including phenoxy) is 1. The van der Waals surface area contributed by atoms with E-state index in [1.165, 1.54) is 5.56 Å². The van der Waals surface area contributed by atoms with Crippen LogP contribution in [-0.2, 0) is 52.4 Å². The van der Waals surface area contributed by atoms with Gasteiger partial charge in [0.05, 0.1) is 34.4 Å². The number of carbonyl (C=O) groups excluding carboxylic acids is 3. The molecule has 7 N–H and O–H groups in total. The number of carbonyl (C=O) groups is 3. The summed E-state index contributed by atoms with van der Waals surface area (Å²) in [6, 6.07) is 29.7. The van der Waals surface area contributed by atoms with Gasteiger partial charge in [0, 0.05) is 36.9 Å². The third kappa shape index (κ3) is 56.1. The van der Waals surface area contributed by atoms with E-state index in [0.29, 0.717) is 54.8 Å². The topological polar surface area (TPSA) is 203 Å². The molecular formula is C60H72F6I55N10O4-. The van der Waals surface area contributed by atoms with Crippen molar-refractivity contribution >= 4 is 768 Å². The molecule has 6 aromatic rings. The van der Waals surface area contributed by atoms with Crippen LogP contribution in [0.4, 0.5) is 54.4 Å². The first-order valence-corrected chi connectivity index (χ1v) is 374. The third-order valence-corrected chi connectivity index (χ3v) is 4230. The Hall–Kier alpha value is 32.5. The molecule has 0 radical (unpaired) electrons. The predicted molar refractivity (Wildman–Crippen MR) is 1050 cm³/mol. The van der Waals surface area contributed by atoms with Crippen molar-refractivity contribution in [3.05, 3.63) is 165 Å². The zero-order valence-corrected chi connectivity index (χ0v) is 184. The summed E-state index contributed by atoms with van der Waals surface area (Å²) in [4.78, 5) is 53.8. The molecule has 0 saturated carbocycles. The summed E-state index contributed by atoms with van der Waals surface area (Å²) in [6.07, 6.45) is -3.55. The van der Waals surface area contributed by atoms with Crippen LogP contribution >= 0.6 is 726 Å². The van der Waals surface area contributed by atoms with Gasteiger partial charge in [0.25, 0.3) is 0 Å². The zero-order valence-electron chi connectivity index (χ0n) is 65.8. The van der Waals surface area contributed by atoms with Gasteiger partial charge >= 0.3 is 758 Å². The molecule has 2 aliphatic rings. The molecular weight excluding hydrogens is 8020 g/mol. The maximum absolute atomic E-state index is 13.8. The SMILES string of the molecule is C.CC(C(N)=O)c1ccccc1CCc1nc(Nc2ccc(C3CCN(C(=O)OC(C)(C)C)CC3)cc2)ncc1C(F)(F)F.CC(C(N)=O)c1ccccc1CCc1nc(Nc2ccc(C3CCNCC3)cc2)ncc1C(F)(F)F.I[I-]I(I)I(I)I(I)I(I)I(I)I(I)I(I)I(I)I(I)I(I)I(I)I(I)I(I)I(I)I(I)I(I)I(I)I(I)I(I)I(I)I(I)I(I)I(I)I(I)I(I)I(I)I. The van der Waals surface area contributed by atoms with Gasteiger partial charge in [-0.2, -0.15) is 26.3 Å². The van der Waals surface area contributed by atoms with Gasteiger partial charge in [0.1, 0.15) is 5.60 Å². The summed E-state index contributed by atoms with van der Waals surface area (Å²) < 4.78 is 88.0. The van der Waals surface area contributed by atoms with Crippen LogP contribution in [0.25, 0.3) is 0 Å². The van der Waals surface area contributed by atoms with Gasteiger partial charge in [-0.25, -0.2) is 24.7 Å². The fourth-order valence-electron chi connectivity index (χ4n) is 10.6. The molecule has 0 spiro atoms. The standard InChI is InChI=1S/C32H38F3N5O3.C27H30F3N5O.CH4.I55/c1-20(28(36)41)25-8-6-5-7-23(25)11-14-27-26(32(33,34)35)19-37-29(39-27)38-24-12-9-21(10-13-24)22-15-17-40(18-16-22)30(42)43-31(2,3)4;1-17(25(31)36)22-5-3-2-4-20(22)8-11-24-23(27(28,29)30)16-33-26(35-24)34-21-9-6-18(7-10-21)19-12-14-32-15-13-19;;1-29-31(4)33(6)35(8)37(10)39(12)41(14)43(16)45(18)47(20)49(22)51(24)53(26)55(28)54(27)52(25)50(23)48(21)46(19)44(17)42(15)40(13)38(11)36(9)34(7)32(5)30(2)3/h5-10,12-13,19-20,22H,11,14-18H2,1-4H3,(H2,36,41)(H,37,38,39);2-7,9-10,16-17,19,32H,8,11-15H2,1H3,(H2,31,36)(H,33,34,35);1H4;/q;;;-1. The number of piperidine rings is 2. The fraction of sp³-hybridized carbons (Fsp3) is 0.417. The molecule has 2 aromatic heterocycles. The molecule has 2 aliphatic heterocycles. The van der Waals surface area contributed by atoms with Crippen LogP contribution in [0.5, 0.6) is 0 Å². The summed E-state index contributed by atoms with van der Waals surface area (Å²) in [5.41, 5.74) is 15.0. The Kier molecular flexibility index (Phi) is 97.9. The van der Waals surface area contributed by atoms with Crippen molar-refractivity contribution in [2.24, 2.45) is 11.5 Å². The molecule has 0 aliphatic carbocycles. The Bertz CT molecular complexity index is 4640. The molecule has 2 fully saturated rings. The number of aromatic nitrogens is 4. The van der Waals surface area contributed by atoms with E-state index in [-0.39, 0.29) is 68.4 Å². The number of nitrogens with one attached hydrogen (secondary N) is 3. The maximum atomic E-state index is 13.8. The Labute approximate surface area is 1160 Å². The number of amides is 3. The monoisotopic (exact) mass is 8090 g/mol. The number of alkyl halides is 6. The first kappa shape index (κ1) is 158. The van der Waals surface area contributed by atoms with Gasteiger partial charge in [0.15, 0.2) is 0 Å². The van der Waals surface area contributed by atoms with E-state index < -0.39 is 258 Å². The molecule has 135 heavy (non-hydrogen) atoms. The average Bonchev–Trinajstić information content (AvgIpc) is 0.810. The van der Waals surface area contributed by atoms with Crippen molar-refractivity contribution < 1.29 is 58.7 Å². The van der Waals surface area contributed by atoms with E-state index in [1.54, 1.807) is 67.3 Å². The molecule has 4 heterocycles. The second kappa shape index (κ2) is 83.7.